The van der Waals surface area contributed by atoms with E-state index >= 15 is 0 Å². The molecule has 1 fully saturated rings. The summed E-state index contributed by atoms with van der Waals surface area (Å²) in [4.78, 5) is 4.21. The van der Waals surface area contributed by atoms with Crippen molar-refractivity contribution in [2.75, 3.05) is 14.2 Å². The van der Waals surface area contributed by atoms with Gasteiger partial charge in [0.1, 0.15) is 22.7 Å². The van der Waals surface area contributed by atoms with E-state index in [1.807, 2.05) is 48.5 Å². The predicted octanol–water partition coefficient (Wildman–Crippen LogP) is 2.91. The maximum absolute atomic E-state index is 10.1. The van der Waals surface area contributed by atoms with Crippen molar-refractivity contribution in [1.29, 1.82) is 10.5 Å². The molecule has 0 spiro atoms. The number of rotatable bonds is 5. The van der Waals surface area contributed by atoms with Crippen LogP contribution in [0.15, 0.2) is 59.6 Å². The summed E-state index contributed by atoms with van der Waals surface area (Å²) in [5, 5.41) is 20.1. The van der Waals surface area contributed by atoms with Gasteiger partial charge in [-0.25, -0.2) is 4.99 Å². The Balaban J connectivity index is 1.79. The van der Waals surface area contributed by atoms with Crippen LogP contribution in [0.4, 0.5) is 0 Å². The fourth-order valence-electron chi connectivity index (χ4n) is 4.40. The number of ether oxygens (including phenoxy) is 3. The van der Waals surface area contributed by atoms with Crippen LogP contribution >= 0.6 is 0 Å². The number of hydrogen-bond acceptors (Lipinski definition) is 7. The summed E-state index contributed by atoms with van der Waals surface area (Å²) >= 11 is 0. The standard InChI is InChI=1S/C21H18N4O3/c1-26-21(27-2)20(13-23)17(19(20,12-22)18(24)25-21)14-7-6-10-16(11-14)28-15-8-4-3-5-9-15/h3-11,17H,1-2H3,(H2,24,25)/t17-,19-,20+/m1/s1. The lowest BCUT2D eigenvalue weighted by Gasteiger charge is -2.29. The van der Waals surface area contributed by atoms with Crippen molar-refractivity contribution in [1.82, 2.24) is 0 Å². The van der Waals surface area contributed by atoms with Gasteiger partial charge in [0.2, 0.25) is 0 Å². The minimum Gasteiger partial charge on any atom is -0.457 e. The molecule has 0 saturated heterocycles. The molecule has 2 N–H and O–H groups in total. The molecule has 0 bridgehead atoms. The average Bonchev–Trinajstić information content (AvgIpc) is 3.31. The van der Waals surface area contributed by atoms with Gasteiger partial charge in [-0.1, -0.05) is 30.3 Å². The van der Waals surface area contributed by atoms with E-state index in [9.17, 15) is 10.5 Å². The Hall–Kier alpha value is -3.39. The van der Waals surface area contributed by atoms with Gasteiger partial charge in [0.15, 0.2) is 5.41 Å². The fourth-order valence-corrected chi connectivity index (χ4v) is 4.40. The number of aliphatic imine (C=N–C) groups is 1. The summed E-state index contributed by atoms with van der Waals surface area (Å²) in [7, 11) is 2.77. The number of nitrogens with zero attached hydrogens (tertiary/aromatic N) is 3. The van der Waals surface area contributed by atoms with Gasteiger partial charge in [-0.3, -0.25) is 0 Å². The lowest BCUT2D eigenvalue weighted by Crippen LogP contribution is -2.41. The van der Waals surface area contributed by atoms with E-state index in [1.54, 1.807) is 6.07 Å². The molecule has 1 heterocycles. The van der Waals surface area contributed by atoms with E-state index < -0.39 is 22.7 Å². The maximum Gasteiger partial charge on any atom is 0.292 e. The molecule has 1 saturated carbocycles. The number of nitrogens with two attached hydrogens (primary N) is 1. The molecule has 0 radical (unpaired) electrons. The first kappa shape index (κ1) is 18.0. The molecular formula is C21H18N4O3. The van der Waals surface area contributed by atoms with Gasteiger partial charge in [0, 0.05) is 20.1 Å². The number of hydrogen-bond donors (Lipinski definition) is 1. The third-order valence-electron chi connectivity index (χ3n) is 5.65. The average molecular weight is 374 g/mol. The minimum atomic E-state index is -1.64. The van der Waals surface area contributed by atoms with Gasteiger partial charge >= 0.3 is 0 Å². The SMILES string of the molecule is COC1(OC)N=C(N)[C@@]2(C#N)[C@@H](c3cccc(Oc4ccccc4)c3)[C@]12C#N. The molecule has 140 valence electrons. The largest absolute Gasteiger partial charge is 0.457 e. The van der Waals surface area contributed by atoms with Gasteiger partial charge < -0.3 is 19.9 Å². The van der Waals surface area contributed by atoms with Crippen molar-refractivity contribution in [2.24, 2.45) is 21.6 Å². The molecule has 0 aromatic heterocycles. The number of para-hydroxylation sites is 1. The Bertz CT molecular complexity index is 1040. The highest BCUT2D eigenvalue weighted by Crippen LogP contribution is 2.81. The Kier molecular flexibility index (Phi) is 3.90. The van der Waals surface area contributed by atoms with E-state index in [2.05, 4.69) is 17.1 Å². The molecule has 3 atom stereocenters. The number of amidine groups is 1. The van der Waals surface area contributed by atoms with Crippen molar-refractivity contribution < 1.29 is 14.2 Å². The van der Waals surface area contributed by atoms with E-state index in [1.165, 1.54) is 14.2 Å². The number of fused-ring (bicyclic) bond motifs is 1. The second-order valence-corrected chi connectivity index (χ2v) is 6.75. The van der Waals surface area contributed by atoms with Crippen LogP contribution in [-0.2, 0) is 9.47 Å². The minimum absolute atomic E-state index is 0.0413. The Labute approximate surface area is 162 Å². The highest BCUT2D eigenvalue weighted by atomic mass is 16.7. The van der Waals surface area contributed by atoms with Gasteiger partial charge in [-0.05, 0) is 29.8 Å². The van der Waals surface area contributed by atoms with Crippen molar-refractivity contribution in [3.8, 4) is 23.6 Å². The summed E-state index contributed by atoms with van der Waals surface area (Å²) in [5.41, 5.74) is 4.16. The van der Waals surface area contributed by atoms with Crippen LogP contribution in [-0.4, -0.2) is 26.0 Å². The first-order valence-corrected chi connectivity index (χ1v) is 8.66. The van der Waals surface area contributed by atoms with Crippen LogP contribution in [0.25, 0.3) is 0 Å². The van der Waals surface area contributed by atoms with Crippen molar-refractivity contribution in [2.45, 2.75) is 11.8 Å². The van der Waals surface area contributed by atoms with Gasteiger partial charge in [-0.15, -0.1) is 0 Å². The summed E-state index contributed by atoms with van der Waals surface area (Å²) < 4.78 is 16.8. The van der Waals surface area contributed by atoms with Crippen LogP contribution in [0.5, 0.6) is 11.5 Å². The van der Waals surface area contributed by atoms with Gasteiger partial charge in [-0.2, -0.15) is 10.5 Å². The topological polar surface area (TPSA) is 114 Å². The number of benzene rings is 2. The Morgan fingerprint density at radius 1 is 0.964 bits per heavy atom. The second-order valence-electron chi connectivity index (χ2n) is 6.75. The van der Waals surface area contributed by atoms with E-state index in [0.29, 0.717) is 11.5 Å². The monoisotopic (exact) mass is 374 g/mol. The summed E-state index contributed by atoms with van der Waals surface area (Å²) in [5.74, 6) is -0.885. The zero-order valence-electron chi connectivity index (χ0n) is 15.4. The second kappa shape index (κ2) is 6.07. The van der Waals surface area contributed by atoms with E-state index in [-0.39, 0.29) is 5.84 Å². The molecule has 1 aliphatic carbocycles. The van der Waals surface area contributed by atoms with Crippen LogP contribution in [0.1, 0.15) is 11.5 Å². The first-order valence-electron chi connectivity index (χ1n) is 8.66. The van der Waals surface area contributed by atoms with Crippen LogP contribution in [0.2, 0.25) is 0 Å². The smallest absolute Gasteiger partial charge is 0.292 e. The zero-order chi connectivity index (χ0) is 20.0. The molecule has 2 aromatic carbocycles. The Morgan fingerprint density at radius 3 is 2.25 bits per heavy atom. The molecule has 1 aliphatic heterocycles. The summed E-state index contributed by atoms with van der Waals surface area (Å²) in [6.07, 6.45) is 0. The molecule has 4 rings (SSSR count). The van der Waals surface area contributed by atoms with Crippen LogP contribution in [0, 0.1) is 33.5 Å². The number of nitriles is 2. The van der Waals surface area contributed by atoms with Crippen molar-refractivity contribution >= 4 is 5.84 Å². The highest BCUT2D eigenvalue weighted by molar-refractivity contribution is 6.00. The van der Waals surface area contributed by atoms with E-state index in [4.69, 9.17) is 19.9 Å². The molecule has 2 aromatic rings. The Morgan fingerprint density at radius 2 is 1.64 bits per heavy atom. The van der Waals surface area contributed by atoms with Crippen LogP contribution in [0.3, 0.4) is 0 Å². The van der Waals surface area contributed by atoms with Crippen molar-refractivity contribution in [3.63, 3.8) is 0 Å². The van der Waals surface area contributed by atoms with Gasteiger partial charge in [0.25, 0.3) is 5.91 Å². The normalized spacial score (nSPS) is 29.1. The molecule has 2 aliphatic rings. The molecular weight excluding hydrogens is 356 g/mol. The lowest BCUT2D eigenvalue weighted by atomic mass is 9.93. The molecule has 0 amide bonds. The molecule has 28 heavy (non-hydrogen) atoms. The quantitative estimate of drug-likeness (QED) is 0.805. The number of methoxy groups -OCH3 is 2. The molecule has 7 heteroatoms. The van der Waals surface area contributed by atoms with E-state index in [0.717, 1.165) is 5.56 Å². The first-order chi connectivity index (χ1) is 13.5. The van der Waals surface area contributed by atoms with Crippen molar-refractivity contribution in [3.05, 3.63) is 60.2 Å². The lowest BCUT2D eigenvalue weighted by molar-refractivity contribution is -0.230. The third-order valence-corrected chi connectivity index (χ3v) is 5.65. The fraction of sp³-hybridized carbons (Fsp3) is 0.286. The summed E-state index contributed by atoms with van der Waals surface area (Å²) in [6, 6.07) is 21.1. The summed E-state index contributed by atoms with van der Waals surface area (Å²) in [6.45, 7) is 0. The molecule has 7 nitrogen and oxygen atoms in total. The highest BCUT2D eigenvalue weighted by Gasteiger charge is 2.93. The third kappa shape index (κ3) is 1.95. The van der Waals surface area contributed by atoms with Gasteiger partial charge in [0.05, 0.1) is 12.1 Å². The zero-order valence-corrected chi connectivity index (χ0v) is 15.4. The maximum atomic E-state index is 10.1. The van der Waals surface area contributed by atoms with Crippen LogP contribution < -0.4 is 10.5 Å². The predicted molar refractivity (Wildman–Crippen MR) is 100 cm³/mol. The molecule has 0 unspecified atom stereocenters.